The quantitative estimate of drug-likeness (QED) is 0.654. The molecule has 0 aromatic carbocycles. The molecule has 5 rings (SSSR count). The molecule has 2 aromatic rings. The van der Waals surface area contributed by atoms with Crippen molar-refractivity contribution in [2.75, 3.05) is 26.2 Å². The number of pyridine rings is 2. The van der Waals surface area contributed by atoms with E-state index >= 15 is 0 Å². The Morgan fingerprint density at radius 1 is 0.625 bits per heavy atom. The van der Waals surface area contributed by atoms with Gasteiger partial charge >= 0.3 is 0 Å². The Kier molecular flexibility index (Phi) is 5.45. The summed E-state index contributed by atoms with van der Waals surface area (Å²) in [6.07, 6.45) is 3.37. The van der Waals surface area contributed by atoms with Gasteiger partial charge in [-0.25, -0.2) is 0 Å². The van der Waals surface area contributed by atoms with Crippen LogP contribution < -0.4 is 11.1 Å². The standard InChI is InChI=1S/C24H28N4O4/c29-15-25-9-17-7-19(13-25)21-3-1-5-23(31)27(21)11-18-8-20(14-26(10-18)16-30)22-4-2-6-24(32)28(22)12-17/h1-6,15-20H,7-14H2/t17-,18-,19+,20?/m0/s1. The maximum atomic E-state index is 12.9. The summed E-state index contributed by atoms with van der Waals surface area (Å²) in [7, 11) is 0. The molecule has 0 N–H and O–H groups in total. The summed E-state index contributed by atoms with van der Waals surface area (Å²) in [6, 6.07) is 10.7. The summed E-state index contributed by atoms with van der Waals surface area (Å²) in [5.41, 5.74) is 1.79. The van der Waals surface area contributed by atoms with Crippen LogP contribution in [0.15, 0.2) is 46.0 Å². The van der Waals surface area contributed by atoms with Crippen molar-refractivity contribution in [3.05, 3.63) is 68.5 Å². The van der Waals surface area contributed by atoms with Crippen molar-refractivity contribution in [2.45, 2.75) is 37.8 Å². The molecule has 0 radical (unpaired) electrons. The summed E-state index contributed by atoms with van der Waals surface area (Å²) >= 11 is 0. The monoisotopic (exact) mass is 436 g/mol. The molecule has 8 heteroatoms. The lowest BCUT2D eigenvalue weighted by Crippen LogP contribution is -2.46. The van der Waals surface area contributed by atoms with Gasteiger partial charge in [0.05, 0.1) is 0 Å². The zero-order valence-electron chi connectivity index (χ0n) is 18.0. The minimum Gasteiger partial charge on any atom is -0.344 e. The molecule has 2 saturated heterocycles. The van der Waals surface area contributed by atoms with Crippen LogP contribution in [0.5, 0.6) is 0 Å². The number of nitrogens with zero attached hydrogens (tertiary/aromatic N) is 4. The molecule has 8 nitrogen and oxygen atoms in total. The number of hydrogen-bond acceptors (Lipinski definition) is 4. The third kappa shape index (κ3) is 3.78. The molecule has 2 aromatic heterocycles. The van der Waals surface area contributed by atoms with Gasteiger partial charge in [0, 0.05) is 74.6 Å². The van der Waals surface area contributed by atoms with Gasteiger partial charge in [-0.1, -0.05) is 12.1 Å². The third-order valence-corrected chi connectivity index (χ3v) is 7.31. The molecule has 2 amide bonds. The van der Waals surface area contributed by atoms with Crippen LogP contribution in [0.3, 0.4) is 0 Å². The number of fused-ring (bicyclic) bond motifs is 8. The van der Waals surface area contributed by atoms with Crippen molar-refractivity contribution in [1.29, 1.82) is 0 Å². The number of carbonyl (C=O) groups excluding carboxylic acids is 2. The van der Waals surface area contributed by atoms with E-state index in [0.29, 0.717) is 39.3 Å². The first-order valence-electron chi connectivity index (χ1n) is 11.3. The van der Waals surface area contributed by atoms with E-state index in [9.17, 15) is 19.2 Å². The van der Waals surface area contributed by atoms with Crippen molar-refractivity contribution >= 4 is 12.8 Å². The minimum absolute atomic E-state index is 0.0247. The highest BCUT2D eigenvalue weighted by Gasteiger charge is 2.34. The predicted octanol–water partition coefficient (Wildman–Crippen LogP) is 0.848. The highest BCUT2D eigenvalue weighted by atomic mass is 16.1. The summed E-state index contributed by atoms with van der Waals surface area (Å²) in [5, 5.41) is 0. The molecule has 4 atom stereocenters. The number of likely N-dealkylation sites (tertiary alicyclic amines) is 2. The van der Waals surface area contributed by atoms with E-state index in [4.69, 9.17) is 0 Å². The van der Waals surface area contributed by atoms with E-state index in [1.54, 1.807) is 34.1 Å². The van der Waals surface area contributed by atoms with Crippen molar-refractivity contribution in [3.8, 4) is 0 Å². The summed E-state index contributed by atoms with van der Waals surface area (Å²) in [6.45, 7) is 3.35. The van der Waals surface area contributed by atoms with Crippen molar-refractivity contribution in [1.82, 2.24) is 18.9 Å². The molecule has 1 unspecified atom stereocenters. The van der Waals surface area contributed by atoms with Gasteiger partial charge in [0.1, 0.15) is 0 Å². The topological polar surface area (TPSA) is 84.6 Å². The van der Waals surface area contributed by atoms with Crippen LogP contribution in [-0.2, 0) is 22.7 Å². The molecular weight excluding hydrogens is 408 g/mol. The fourth-order valence-corrected chi connectivity index (χ4v) is 6.04. The average Bonchev–Trinajstić information content (AvgIpc) is 2.80. The molecule has 0 aliphatic carbocycles. The zero-order chi connectivity index (χ0) is 22.2. The van der Waals surface area contributed by atoms with Crippen LogP contribution in [0.4, 0.5) is 0 Å². The van der Waals surface area contributed by atoms with Gasteiger partial charge in [0.25, 0.3) is 11.1 Å². The second kappa shape index (κ2) is 8.41. The SMILES string of the molecule is O=CN1CC2C[C@@H](C1)Cn1c(cccc1=O)[C@@H]1C[C@@H](CN(C=O)C1)Cn1c2cccc1=O. The van der Waals surface area contributed by atoms with E-state index in [2.05, 4.69) is 0 Å². The first-order chi connectivity index (χ1) is 15.6. The van der Waals surface area contributed by atoms with Crippen LogP contribution in [0.2, 0.25) is 0 Å². The largest absolute Gasteiger partial charge is 0.344 e. The summed E-state index contributed by atoms with van der Waals surface area (Å²) in [4.78, 5) is 52.8. The third-order valence-electron chi connectivity index (χ3n) is 7.31. The van der Waals surface area contributed by atoms with Crippen LogP contribution in [0.1, 0.15) is 36.1 Å². The Morgan fingerprint density at radius 3 is 1.47 bits per heavy atom. The lowest BCUT2D eigenvalue weighted by Gasteiger charge is -2.41. The molecule has 0 saturated carbocycles. The zero-order valence-corrected chi connectivity index (χ0v) is 18.0. The van der Waals surface area contributed by atoms with Crippen molar-refractivity contribution < 1.29 is 9.59 Å². The van der Waals surface area contributed by atoms with Gasteiger partial charge in [0.2, 0.25) is 12.8 Å². The van der Waals surface area contributed by atoms with Gasteiger partial charge in [0.15, 0.2) is 0 Å². The van der Waals surface area contributed by atoms with Crippen LogP contribution in [-0.4, -0.2) is 57.9 Å². The molecule has 2 fully saturated rings. The summed E-state index contributed by atoms with van der Waals surface area (Å²) in [5.74, 6) is 0.249. The molecular formula is C24H28N4O4. The average molecular weight is 437 g/mol. The van der Waals surface area contributed by atoms with Gasteiger partial charge in [-0.15, -0.1) is 0 Å². The second-order valence-corrected chi connectivity index (χ2v) is 9.51. The van der Waals surface area contributed by atoms with Crippen molar-refractivity contribution in [2.24, 2.45) is 11.8 Å². The predicted molar refractivity (Wildman–Crippen MR) is 118 cm³/mol. The van der Waals surface area contributed by atoms with E-state index in [1.807, 2.05) is 21.3 Å². The number of hydrogen-bond donors (Lipinski definition) is 0. The molecule has 0 spiro atoms. The van der Waals surface area contributed by atoms with Gasteiger partial charge in [-0.05, 0) is 36.8 Å². The molecule has 168 valence electrons. The maximum absolute atomic E-state index is 12.9. The van der Waals surface area contributed by atoms with Gasteiger partial charge in [-0.3, -0.25) is 19.2 Å². The lowest BCUT2D eigenvalue weighted by molar-refractivity contribution is -0.120. The first kappa shape index (κ1) is 20.7. The molecule has 3 aliphatic rings. The second-order valence-electron chi connectivity index (χ2n) is 9.51. The van der Waals surface area contributed by atoms with Gasteiger partial charge in [-0.2, -0.15) is 0 Å². The highest BCUT2D eigenvalue weighted by molar-refractivity contribution is 5.48. The number of piperidine rings is 2. The Hall–Kier alpha value is -3.16. The van der Waals surface area contributed by atoms with Crippen LogP contribution in [0, 0.1) is 11.8 Å². The molecule has 3 aliphatic heterocycles. The minimum atomic E-state index is -0.0456. The van der Waals surface area contributed by atoms with Crippen molar-refractivity contribution in [3.63, 3.8) is 0 Å². The van der Waals surface area contributed by atoms with E-state index in [1.165, 1.54) is 0 Å². The fraction of sp³-hybridized carbons (Fsp3) is 0.500. The fourth-order valence-electron chi connectivity index (χ4n) is 6.04. The summed E-state index contributed by atoms with van der Waals surface area (Å²) < 4.78 is 3.71. The molecule has 4 bridgehead atoms. The highest BCUT2D eigenvalue weighted by Crippen LogP contribution is 2.35. The normalized spacial score (nSPS) is 27.4. The Balaban J connectivity index is 1.66. The molecule has 32 heavy (non-hydrogen) atoms. The van der Waals surface area contributed by atoms with Crippen LogP contribution in [0.25, 0.3) is 0 Å². The number of carbonyl (C=O) groups is 2. The van der Waals surface area contributed by atoms with E-state index < -0.39 is 0 Å². The Morgan fingerprint density at radius 2 is 1.06 bits per heavy atom. The number of amides is 2. The van der Waals surface area contributed by atoms with Crippen LogP contribution >= 0.6 is 0 Å². The smallest absolute Gasteiger partial charge is 0.250 e. The molecule has 5 heterocycles. The van der Waals surface area contributed by atoms with Gasteiger partial charge < -0.3 is 18.9 Å². The Labute approximate surface area is 186 Å². The number of aromatic nitrogens is 2. The lowest BCUT2D eigenvalue weighted by atomic mass is 9.83. The maximum Gasteiger partial charge on any atom is 0.250 e. The van der Waals surface area contributed by atoms with E-state index in [0.717, 1.165) is 37.0 Å². The number of rotatable bonds is 2. The Bertz CT molecular complexity index is 1050. The first-order valence-corrected chi connectivity index (χ1v) is 11.3. The van der Waals surface area contributed by atoms with E-state index in [-0.39, 0.29) is 34.8 Å².